The topological polar surface area (TPSA) is 0 Å². The van der Waals surface area contributed by atoms with Crippen LogP contribution >= 0.6 is 0 Å². The summed E-state index contributed by atoms with van der Waals surface area (Å²) >= 11 is 0. The van der Waals surface area contributed by atoms with Crippen molar-refractivity contribution in [2.45, 2.75) is 25.7 Å². The van der Waals surface area contributed by atoms with Gasteiger partial charge in [0.1, 0.15) is 0 Å². The molecule has 42 heavy (non-hydrogen) atoms. The fraction of sp³-hybridized carbons (Fsp3) is 0.0952. The Labute approximate surface area is 247 Å². The molecule has 0 heteroatoms. The molecule has 7 aromatic rings. The minimum absolute atomic E-state index is 0.0388. The second-order valence-electron chi connectivity index (χ2n) is 12.1. The minimum Gasteiger partial charge on any atom is -0.0622 e. The summed E-state index contributed by atoms with van der Waals surface area (Å²) in [6.07, 6.45) is 0.998. The number of hydrogen-bond acceptors (Lipinski definition) is 0. The van der Waals surface area contributed by atoms with Crippen molar-refractivity contribution < 1.29 is 0 Å². The van der Waals surface area contributed by atoms with E-state index in [0.29, 0.717) is 0 Å². The van der Waals surface area contributed by atoms with E-state index in [1.165, 1.54) is 77.2 Å². The van der Waals surface area contributed by atoms with Crippen LogP contribution in [0.4, 0.5) is 0 Å². The second-order valence-corrected chi connectivity index (χ2v) is 12.1. The monoisotopic (exact) mass is 536 g/mol. The van der Waals surface area contributed by atoms with Gasteiger partial charge in [0, 0.05) is 5.41 Å². The fourth-order valence-corrected chi connectivity index (χ4v) is 7.32. The molecular formula is C42H32. The first-order valence-corrected chi connectivity index (χ1v) is 14.9. The molecule has 0 aromatic heterocycles. The Balaban J connectivity index is 1.40. The van der Waals surface area contributed by atoms with Gasteiger partial charge in [0.2, 0.25) is 0 Å². The largest absolute Gasteiger partial charge is 0.0622 e. The van der Waals surface area contributed by atoms with Gasteiger partial charge in [-0.15, -0.1) is 0 Å². The van der Waals surface area contributed by atoms with Crippen LogP contribution in [-0.2, 0) is 11.8 Å². The molecule has 200 valence electrons. The zero-order chi connectivity index (χ0) is 28.3. The van der Waals surface area contributed by atoms with Crippen LogP contribution < -0.4 is 0 Å². The Bertz CT molecular complexity index is 2110. The second kappa shape index (κ2) is 9.57. The Morgan fingerprint density at radius 3 is 1.57 bits per heavy atom. The number of benzene rings is 7. The van der Waals surface area contributed by atoms with Gasteiger partial charge in [-0.1, -0.05) is 147 Å². The predicted molar refractivity (Wildman–Crippen MR) is 179 cm³/mol. The highest BCUT2D eigenvalue weighted by Crippen LogP contribution is 2.46. The molecule has 0 heterocycles. The third kappa shape index (κ3) is 3.83. The molecule has 0 radical (unpaired) electrons. The van der Waals surface area contributed by atoms with E-state index >= 15 is 0 Å². The van der Waals surface area contributed by atoms with Crippen LogP contribution in [0.25, 0.3) is 54.9 Å². The van der Waals surface area contributed by atoms with Crippen LogP contribution in [0.2, 0.25) is 0 Å². The van der Waals surface area contributed by atoms with Gasteiger partial charge in [0.15, 0.2) is 0 Å². The molecule has 0 amide bonds. The lowest BCUT2D eigenvalue weighted by atomic mass is 9.68. The summed E-state index contributed by atoms with van der Waals surface area (Å²) < 4.78 is 0. The van der Waals surface area contributed by atoms with Gasteiger partial charge in [0.05, 0.1) is 0 Å². The van der Waals surface area contributed by atoms with Gasteiger partial charge >= 0.3 is 0 Å². The van der Waals surface area contributed by atoms with Crippen molar-refractivity contribution in [2.75, 3.05) is 0 Å². The molecule has 1 aliphatic carbocycles. The molecule has 0 atom stereocenters. The summed E-state index contributed by atoms with van der Waals surface area (Å²) in [6.45, 7) is 4.75. The van der Waals surface area contributed by atoms with E-state index in [0.717, 1.165) is 6.42 Å². The molecule has 1 aliphatic rings. The summed E-state index contributed by atoms with van der Waals surface area (Å²) in [4.78, 5) is 0. The molecular weight excluding hydrogens is 504 g/mol. The highest BCUT2D eigenvalue weighted by atomic mass is 14.4. The van der Waals surface area contributed by atoms with Gasteiger partial charge in [-0.2, -0.15) is 0 Å². The van der Waals surface area contributed by atoms with Crippen molar-refractivity contribution in [1.82, 2.24) is 0 Å². The van der Waals surface area contributed by atoms with Crippen LogP contribution in [0.1, 0.15) is 36.1 Å². The third-order valence-corrected chi connectivity index (χ3v) is 9.34. The normalized spacial score (nSPS) is 13.6. The lowest BCUT2D eigenvalue weighted by molar-refractivity contribution is 0.611. The summed E-state index contributed by atoms with van der Waals surface area (Å²) in [7, 11) is 0. The highest BCUT2D eigenvalue weighted by molar-refractivity contribution is 6.21. The first kappa shape index (κ1) is 24.8. The van der Waals surface area contributed by atoms with Crippen molar-refractivity contribution >= 4 is 21.5 Å². The van der Waals surface area contributed by atoms with Gasteiger partial charge in [-0.3, -0.25) is 0 Å². The van der Waals surface area contributed by atoms with Gasteiger partial charge in [-0.25, -0.2) is 0 Å². The van der Waals surface area contributed by atoms with Crippen molar-refractivity contribution in [2.24, 2.45) is 0 Å². The first-order valence-electron chi connectivity index (χ1n) is 14.9. The molecule has 0 saturated heterocycles. The summed E-state index contributed by atoms with van der Waals surface area (Å²) in [6, 6.07) is 53.8. The van der Waals surface area contributed by atoms with Crippen LogP contribution in [0.15, 0.2) is 146 Å². The van der Waals surface area contributed by atoms with Gasteiger partial charge < -0.3 is 0 Å². The number of hydrogen-bond donors (Lipinski definition) is 0. The molecule has 0 N–H and O–H groups in total. The summed E-state index contributed by atoms with van der Waals surface area (Å²) in [5.74, 6) is 0. The van der Waals surface area contributed by atoms with Crippen molar-refractivity contribution in [3.05, 3.63) is 168 Å². The zero-order valence-corrected chi connectivity index (χ0v) is 24.1. The average molecular weight is 537 g/mol. The Hall–Kier alpha value is -4.94. The van der Waals surface area contributed by atoms with E-state index < -0.39 is 0 Å². The molecule has 0 spiro atoms. The van der Waals surface area contributed by atoms with E-state index in [4.69, 9.17) is 0 Å². The third-order valence-electron chi connectivity index (χ3n) is 9.34. The Kier molecular flexibility index (Phi) is 5.66. The maximum atomic E-state index is 2.45. The fourth-order valence-electron chi connectivity index (χ4n) is 7.32. The molecule has 7 aromatic carbocycles. The lowest BCUT2D eigenvalue weighted by Crippen LogP contribution is -2.27. The van der Waals surface area contributed by atoms with Gasteiger partial charge in [-0.05, 0) is 95.7 Å². The van der Waals surface area contributed by atoms with Crippen molar-refractivity contribution in [1.29, 1.82) is 0 Å². The average Bonchev–Trinajstić information content (AvgIpc) is 3.04. The van der Waals surface area contributed by atoms with E-state index in [1.807, 2.05) is 0 Å². The van der Waals surface area contributed by atoms with E-state index in [9.17, 15) is 0 Å². The van der Waals surface area contributed by atoms with E-state index in [-0.39, 0.29) is 5.41 Å². The highest BCUT2D eigenvalue weighted by Gasteiger charge is 2.32. The SMILES string of the molecule is CC1(C)c2ccccc2Cc2ccc(-c3ccc4c(-c5ccccc5)c5ccccc5c(-c5ccccc5)c4c3)cc21. The Morgan fingerprint density at radius 1 is 0.381 bits per heavy atom. The molecule has 0 fully saturated rings. The molecule has 8 rings (SSSR count). The zero-order valence-electron chi connectivity index (χ0n) is 24.1. The van der Waals surface area contributed by atoms with Crippen molar-refractivity contribution in [3.63, 3.8) is 0 Å². The predicted octanol–water partition coefficient (Wildman–Crippen LogP) is 11.2. The summed E-state index contributed by atoms with van der Waals surface area (Å²) in [5, 5.41) is 5.15. The molecule has 0 bridgehead atoms. The van der Waals surface area contributed by atoms with Crippen LogP contribution in [0, 0.1) is 0 Å². The van der Waals surface area contributed by atoms with E-state index in [1.54, 1.807) is 0 Å². The molecule has 0 nitrogen and oxygen atoms in total. The standard InChI is InChI=1S/C42H32/c1-42(2)38-20-12-9-17-32(38)25-33-22-21-31(27-39(33)42)30-23-24-36-37(26-30)41(29-15-7-4-8-16-29)35-19-11-10-18-34(35)40(36)28-13-5-3-6-14-28/h3-24,26-27H,25H2,1-2H3. The maximum absolute atomic E-state index is 2.45. The molecule has 0 saturated carbocycles. The maximum Gasteiger partial charge on any atom is 0.0152 e. The first-order chi connectivity index (χ1) is 20.6. The molecule has 0 aliphatic heterocycles. The van der Waals surface area contributed by atoms with Crippen LogP contribution in [0.5, 0.6) is 0 Å². The Morgan fingerprint density at radius 2 is 0.881 bits per heavy atom. The smallest absolute Gasteiger partial charge is 0.0152 e. The van der Waals surface area contributed by atoms with E-state index in [2.05, 4.69) is 159 Å². The number of fused-ring (bicyclic) bond motifs is 4. The summed E-state index contributed by atoms with van der Waals surface area (Å²) in [5.41, 5.74) is 13.4. The van der Waals surface area contributed by atoms with Crippen LogP contribution in [0.3, 0.4) is 0 Å². The number of rotatable bonds is 3. The van der Waals surface area contributed by atoms with Gasteiger partial charge in [0.25, 0.3) is 0 Å². The van der Waals surface area contributed by atoms with Crippen LogP contribution in [-0.4, -0.2) is 0 Å². The minimum atomic E-state index is -0.0388. The quantitative estimate of drug-likeness (QED) is 0.197. The van der Waals surface area contributed by atoms with Crippen molar-refractivity contribution in [3.8, 4) is 33.4 Å². The lowest BCUT2D eigenvalue weighted by Gasteiger charge is -2.35. The molecule has 0 unspecified atom stereocenters.